The quantitative estimate of drug-likeness (QED) is 0.656. The largest absolute Gasteiger partial charge is 0.494 e. The van der Waals surface area contributed by atoms with Crippen LogP contribution in [0, 0.1) is 11.3 Å². The smallest absolute Gasteiger partial charge is 0.244 e. The summed E-state index contributed by atoms with van der Waals surface area (Å²) >= 11 is 0. The summed E-state index contributed by atoms with van der Waals surface area (Å²) in [6, 6.07) is 11.3. The highest BCUT2D eigenvalue weighted by atomic mass is 16.5. The molecule has 0 bridgehead atoms. The average Bonchev–Trinajstić information content (AvgIpc) is 3.38. The topological polar surface area (TPSA) is 119 Å². The number of furan rings is 1. The second-order valence-corrected chi connectivity index (χ2v) is 6.28. The number of nitrogens with two attached hydrogens (primary N) is 1. The Hall–Kier alpha value is -3.86. The maximum atomic E-state index is 9.71. The first-order valence-electron chi connectivity index (χ1n) is 9.27. The van der Waals surface area contributed by atoms with E-state index in [1.54, 1.807) is 18.4 Å². The van der Waals surface area contributed by atoms with Crippen LogP contribution in [0.15, 0.2) is 52.5 Å². The Balaban J connectivity index is 1.90. The van der Waals surface area contributed by atoms with Crippen molar-refractivity contribution in [2.45, 2.75) is 19.8 Å². The fourth-order valence-electron chi connectivity index (χ4n) is 3.43. The molecule has 8 heteroatoms. The lowest BCUT2D eigenvalue weighted by Gasteiger charge is -2.22. The van der Waals surface area contributed by atoms with Gasteiger partial charge in [-0.1, -0.05) is 0 Å². The van der Waals surface area contributed by atoms with E-state index in [2.05, 4.69) is 16.3 Å². The Morgan fingerprint density at radius 1 is 1.24 bits per heavy atom. The zero-order valence-electron chi connectivity index (χ0n) is 16.1. The zero-order chi connectivity index (χ0) is 20.4. The van der Waals surface area contributed by atoms with Crippen LogP contribution in [-0.4, -0.2) is 23.4 Å². The molecule has 3 aromatic rings. The normalized spacial score (nSPS) is 15.4. The first-order valence-corrected chi connectivity index (χ1v) is 9.27. The minimum absolute atomic E-state index is 0.0103. The van der Waals surface area contributed by atoms with Crippen molar-refractivity contribution < 1.29 is 18.6 Å². The third-order valence-electron chi connectivity index (χ3n) is 4.60. The maximum Gasteiger partial charge on any atom is 0.244 e. The molecule has 1 aliphatic heterocycles. The fraction of sp³-hybridized carbons (Fsp3) is 0.238. The fourth-order valence-corrected chi connectivity index (χ4v) is 3.43. The number of nitrogens with one attached hydrogen (secondary N) is 1. The van der Waals surface area contributed by atoms with Crippen molar-refractivity contribution in [2.75, 3.05) is 13.2 Å². The Bertz CT molecular complexity index is 1090. The molecule has 0 fully saturated rings. The molecule has 3 heterocycles. The molecule has 3 N–H and O–H groups in total. The molecule has 8 nitrogen and oxygen atoms in total. The minimum atomic E-state index is -0.548. The Kier molecular flexibility index (Phi) is 4.87. The Morgan fingerprint density at radius 2 is 2.07 bits per heavy atom. The molecular weight excluding hydrogens is 372 g/mol. The van der Waals surface area contributed by atoms with Gasteiger partial charge in [0.1, 0.15) is 28.9 Å². The molecule has 2 aromatic heterocycles. The van der Waals surface area contributed by atoms with Gasteiger partial charge in [0.2, 0.25) is 11.8 Å². The molecule has 29 heavy (non-hydrogen) atoms. The van der Waals surface area contributed by atoms with Gasteiger partial charge in [-0.25, -0.2) is 0 Å². The van der Waals surface area contributed by atoms with Crippen LogP contribution in [0.1, 0.15) is 31.1 Å². The van der Waals surface area contributed by atoms with Crippen LogP contribution < -0.4 is 19.9 Å². The van der Waals surface area contributed by atoms with Gasteiger partial charge in [-0.2, -0.15) is 5.26 Å². The van der Waals surface area contributed by atoms with Gasteiger partial charge in [0.25, 0.3) is 0 Å². The first-order chi connectivity index (χ1) is 14.2. The van der Waals surface area contributed by atoms with E-state index in [1.165, 1.54) is 0 Å². The van der Waals surface area contributed by atoms with Crippen LogP contribution >= 0.6 is 0 Å². The summed E-state index contributed by atoms with van der Waals surface area (Å²) < 4.78 is 22.7. The number of allylic oxidation sites excluding steroid dienone is 1. The minimum Gasteiger partial charge on any atom is -0.494 e. The predicted molar refractivity (Wildman–Crippen MR) is 104 cm³/mol. The van der Waals surface area contributed by atoms with E-state index in [1.807, 2.05) is 32.0 Å². The van der Waals surface area contributed by atoms with Gasteiger partial charge in [-0.15, -0.1) is 5.10 Å². The second-order valence-electron chi connectivity index (χ2n) is 6.28. The SMILES string of the molecule is CCOc1ccc(-c2[nH]nc3c2C(c2ccco2)C(C#N)=C(N)O3)c(OCC)c1. The number of ether oxygens (including phenoxy) is 3. The zero-order valence-corrected chi connectivity index (χ0v) is 16.1. The van der Waals surface area contributed by atoms with Gasteiger partial charge in [-0.3, -0.25) is 5.10 Å². The molecule has 4 rings (SSSR count). The summed E-state index contributed by atoms with van der Waals surface area (Å²) in [6.45, 7) is 4.86. The number of benzene rings is 1. The van der Waals surface area contributed by atoms with Crippen LogP contribution in [-0.2, 0) is 0 Å². The van der Waals surface area contributed by atoms with E-state index >= 15 is 0 Å². The number of aromatic amines is 1. The number of H-pyrrole nitrogens is 1. The molecular formula is C21H20N4O4. The highest BCUT2D eigenvalue weighted by molar-refractivity contribution is 5.75. The maximum absolute atomic E-state index is 9.71. The lowest BCUT2D eigenvalue weighted by molar-refractivity contribution is 0.324. The number of nitriles is 1. The van der Waals surface area contributed by atoms with Crippen molar-refractivity contribution in [2.24, 2.45) is 5.73 Å². The predicted octanol–water partition coefficient (Wildman–Crippen LogP) is 3.69. The highest BCUT2D eigenvalue weighted by Crippen LogP contribution is 2.47. The van der Waals surface area contributed by atoms with Crippen molar-refractivity contribution in [3.63, 3.8) is 0 Å². The van der Waals surface area contributed by atoms with Crippen molar-refractivity contribution in [1.29, 1.82) is 5.26 Å². The standard InChI is InChI=1S/C21H20N4O4/c1-3-26-12-7-8-13(16(10-12)27-4-2)19-18-17(15-6-5-9-28-15)14(11-22)20(23)29-21(18)25-24-19/h5-10,17H,3-4,23H2,1-2H3,(H,24,25). The van der Waals surface area contributed by atoms with Crippen LogP contribution in [0.2, 0.25) is 0 Å². The third-order valence-corrected chi connectivity index (χ3v) is 4.60. The summed E-state index contributed by atoms with van der Waals surface area (Å²) in [5, 5.41) is 17.0. The molecule has 1 unspecified atom stereocenters. The van der Waals surface area contributed by atoms with Gasteiger partial charge < -0.3 is 24.4 Å². The average molecular weight is 392 g/mol. The molecule has 1 aliphatic rings. The monoisotopic (exact) mass is 392 g/mol. The lowest BCUT2D eigenvalue weighted by Crippen LogP contribution is -2.20. The van der Waals surface area contributed by atoms with Crippen LogP contribution in [0.4, 0.5) is 0 Å². The number of rotatable bonds is 6. The van der Waals surface area contributed by atoms with Crippen molar-refractivity contribution in [3.05, 3.63) is 59.4 Å². The number of aromatic nitrogens is 2. The van der Waals surface area contributed by atoms with E-state index in [-0.39, 0.29) is 11.5 Å². The summed E-state index contributed by atoms with van der Waals surface area (Å²) in [5.74, 6) is 1.66. The van der Waals surface area contributed by atoms with Crippen LogP contribution in [0.3, 0.4) is 0 Å². The summed E-state index contributed by atoms with van der Waals surface area (Å²) in [4.78, 5) is 0. The summed E-state index contributed by atoms with van der Waals surface area (Å²) in [7, 11) is 0. The first kappa shape index (κ1) is 18.5. The van der Waals surface area contributed by atoms with E-state index in [9.17, 15) is 5.26 Å². The van der Waals surface area contributed by atoms with Gasteiger partial charge >= 0.3 is 0 Å². The van der Waals surface area contributed by atoms with Crippen molar-refractivity contribution in [3.8, 4) is 34.7 Å². The van der Waals surface area contributed by atoms with Crippen LogP contribution in [0.25, 0.3) is 11.3 Å². The summed E-state index contributed by atoms with van der Waals surface area (Å²) in [6.07, 6.45) is 1.55. The molecule has 148 valence electrons. The number of fused-ring (bicyclic) bond motifs is 1. The number of nitrogens with zero attached hydrogens (tertiary/aromatic N) is 2. The number of hydrogen-bond acceptors (Lipinski definition) is 7. The molecule has 0 amide bonds. The van der Waals surface area contributed by atoms with E-state index in [0.717, 1.165) is 5.56 Å². The Labute approximate surface area is 167 Å². The molecule has 0 saturated carbocycles. The van der Waals surface area contributed by atoms with Gasteiger partial charge in [-0.05, 0) is 38.1 Å². The van der Waals surface area contributed by atoms with Gasteiger partial charge in [0.05, 0.1) is 36.7 Å². The lowest BCUT2D eigenvalue weighted by atomic mass is 9.86. The third kappa shape index (κ3) is 3.17. The van der Waals surface area contributed by atoms with Crippen molar-refractivity contribution >= 4 is 0 Å². The molecule has 0 saturated heterocycles. The van der Waals surface area contributed by atoms with E-state index in [4.69, 9.17) is 24.4 Å². The molecule has 0 aliphatic carbocycles. The van der Waals surface area contributed by atoms with Gasteiger partial charge in [0.15, 0.2) is 0 Å². The Morgan fingerprint density at radius 3 is 2.76 bits per heavy atom. The molecule has 0 radical (unpaired) electrons. The van der Waals surface area contributed by atoms with E-state index in [0.29, 0.717) is 47.6 Å². The second kappa shape index (κ2) is 7.64. The van der Waals surface area contributed by atoms with Crippen molar-refractivity contribution in [1.82, 2.24) is 10.2 Å². The van der Waals surface area contributed by atoms with Gasteiger partial charge in [0, 0.05) is 11.6 Å². The summed E-state index contributed by atoms with van der Waals surface area (Å²) in [5.41, 5.74) is 8.33. The molecule has 0 spiro atoms. The van der Waals surface area contributed by atoms with Crippen LogP contribution in [0.5, 0.6) is 17.4 Å². The highest BCUT2D eigenvalue weighted by Gasteiger charge is 2.37. The molecule has 1 aromatic carbocycles. The van der Waals surface area contributed by atoms with E-state index < -0.39 is 5.92 Å². The molecule has 1 atom stereocenters. The number of hydrogen-bond donors (Lipinski definition) is 2.